The summed E-state index contributed by atoms with van der Waals surface area (Å²) < 4.78 is 65.9. The lowest BCUT2D eigenvalue weighted by Crippen LogP contribution is -2.67. The normalized spacial score (nSPS) is 33.0. The Hall–Kier alpha value is -2.05. The Morgan fingerprint density at radius 1 is 0.648 bits per heavy atom. The molecule has 71 heavy (non-hydrogen) atoms. The molecule has 10 atom stereocenters. The zero-order valence-corrected chi connectivity index (χ0v) is 49.5. The summed E-state index contributed by atoms with van der Waals surface area (Å²) in [4.78, 5) is 0. The van der Waals surface area contributed by atoms with Crippen LogP contribution in [0.5, 0.6) is 0 Å². The lowest BCUT2D eigenvalue weighted by molar-refractivity contribution is -0.401. The van der Waals surface area contributed by atoms with Gasteiger partial charge in [0.25, 0.3) is 8.32 Å². The highest BCUT2D eigenvalue weighted by Crippen LogP contribution is 2.58. The second kappa shape index (κ2) is 20.5. The summed E-state index contributed by atoms with van der Waals surface area (Å²) in [7, 11) is -7.35. The van der Waals surface area contributed by atoms with E-state index in [0.717, 1.165) is 44.9 Å². The summed E-state index contributed by atoms with van der Waals surface area (Å²) in [5.74, 6) is -2.42. The van der Waals surface area contributed by atoms with Gasteiger partial charge in [0.2, 0.25) is 0 Å². The summed E-state index contributed by atoms with van der Waals surface area (Å²) in [6.07, 6.45) is 7.06. The van der Waals surface area contributed by atoms with Crippen molar-refractivity contribution in [3.8, 4) is 0 Å². The van der Waals surface area contributed by atoms with E-state index in [1.165, 1.54) is 15.9 Å². The van der Waals surface area contributed by atoms with Crippen LogP contribution in [0.15, 0.2) is 91.0 Å². The maximum Gasteiger partial charge on any atom is 0.261 e. The molecule has 5 heterocycles. The highest BCUT2D eigenvalue weighted by atomic mass is 28.4. The number of rotatable bonds is 16. The molecule has 2 spiro atoms. The van der Waals surface area contributed by atoms with E-state index in [1.807, 2.05) is 6.07 Å². The van der Waals surface area contributed by atoms with Crippen LogP contribution in [0.25, 0.3) is 0 Å². The zero-order valence-electron chi connectivity index (χ0n) is 46.5. The van der Waals surface area contributed by atoms with Gasteiger partial charge < -0.3 is 41.7 Å². The fourth-order valence-electron chi connectivity index (χ4n) is 12.1. The van der Waals surface area contributed by atoms with Gasteiger partial charge in [-0.1, -0.05) is 160 Å². The van der Waals surface area contributed by atoms with Gasteiger partial charge in [0, 0.05) is 38.7 Å². The van der Waals surface area contributed by atoms with E-state index in [-0.39, 0.29) is 51.6 Å². The van der Waals surface area contributed by atoms with Gasteiger partial charge in [0.1, 0.15) is 17.8 Å². The van der Waals surface area contributed by atoms with Gasteiger partial charge in [0.15, 0.2) is 34.0 Å². The third kappa shape index (κ3) is 11.3. The van der Waals surface area contributed by atoms with Crippen LogP contribution in [0.2, 0.25) is 41.3 Å². The third-order valence-corrected chi connectivity index (χ3v) is 32.0. The SMILES string of the molecule is C[C@@H]1C[C@]2(C[C@H]3CCC[C@@]4(CC[C@@]5(O[C@H](CCOCc6ccccc6)CC[C@@]5(C)O[Si](C)(C)C(C)(C)C)O4)O3)O[C@H]([C@@H]1O[Si](C)(C)C(C)(C)C)[C@H](CO[Si](c1ccccc1)(c1ccccc1)C(C)(C)C)O2. The topological polar surface area (TPSA) is 83.1 Å². The van der Waals surface area contributed by atoms with E-state index in [4.69, 9.17) is 41.7 Å². The Balaban J connectivity index is 1.05. The third-order valence-electron chi connectivity index (χ3n) is 18.0. The lowest BCUT2D eigenvalue weighted by Gasteiger charge is -2.56. The maximum atomic E-state index is 7.66. The minimum absolute atomic E-state index is 0.0132. The number of hydrogen-bond acceptors (Lipinski definition) is 9. The van der Waals surface area contributed by atoms with Crippen molar-refractivity contribution < 1.29 is 41.7 Å². The largest absolute Gasteiger partial charge is 0.411 e. The molecule has 3 aromatic rings. The number of benzene rings is 3. The molecule has 5 fully saturated rings. The number of ether oxygens (including phenoxy) is 6. The van der Waals surface area contributed by atoms with E-state index in [1.54, 1.807) is 0 Å². The van der Waals surface area contributed by atoms with Gasteiger partial charge in [-0.2, -0.15) is 0 Å². The summed E-state index contributed by atoms with van der Waals surface area (Å²) >= 11 is 0. The van der Waals surface area contributed by atoms with Gasteiger partial charge in [-0.3, -0.25) is 0 Å². The molecule has 0 amide bonds. The minimum atomic E-state index is -2.89. The molecule has 9 nitrogen and oxygen atoms in total. The average Bonchev–Trinajstić information content (AvgIpc) is 3.79. The molecule has 5 aliphatic rings. The van der Waals surface area contributed by atoms with Gasteiger partial charge >= 0.3 is 0 Å². The Morgan fingerprint density at radius 2 is 1.25 bits per heavy atom. The van der Waals surface area contributed by atoms with Gasteiger partial charge in [0.05, 0.1) is 31.5 Å². The standard InChI is InChI=1S/C59H92O9Si3/c1-44-40-58(64-50(52(65-58)51(44)66-69(12,13)53(2,3)4)43-61-71(55(8,9)10,48-29-21-17-22-30-48)49-31-23-18-24-32-49)41-47-28-25-35-57(62-47)37-38-59(67-57)56(11,68-70(14,15)54(5,6)7)36-33-46(63-59)34-39-60-42-45-26-19-16-20-27-45/h16-24,26-27,29-32,44,46-47,50-52H,25,28,33-43H2,1-15H3/t44-,46+,47-,50+,51-,52+,56-,57-,58-,59-/m1/s1. The van der Waals surface area contributed by atoms with Crippen LogP contribution in [0, 0.1) is 5.92 Å². The molecule has 0 unspecified atom stereocenters. The van der Waals surface area contributed by atoms with E-state index in [0.29, 0.717) is 39.1 Å². The van der Waals surface area contributed by atoms with Crippen molar-refractivity contribution in [3.63, 3.8) is 0 Å². The monoisotopic (exact) mass is 1030 g/mol. The van der Waals surface area contributed by atoms with Gasteiger partial charge in [-0.25, -0.2) is 0 Å². The number of hydrogen-bond donors (Lipinski definition) is 0. The first-order valence-corrected chi connectivity index (χ1v) is 35.0. The van der Waals surface area contributed by atoms with Crippen molar-refractivity contribution in [2.24, 2.45) is 5.92 Å². The van der Waals surface area contributed by atoms with Crippen LogP contribution in [-0.2, 0) is 48.3 Å². The Morgan fingerprint density at radius 3 is 1.85 bits per heavy atom. The molecule has 8 rings (SSSR count). The van der Waals surface area contributed by atoms with Crippen molar-refractivity contribution in [1.29, 1.82) is 0 Å². The highest BCUT2D eigenvalue weighted by Gasteiger charge is 2.67. The average molecular weight is 1030 g/mol. The molecule has 0 saturated carbocycles. The van der Waals surface area contributed by atoms with Crippen LogP contribution in [0.1, 0.15) is 146 Å². The van der Waals surface area contributed by atoms with Crippen molar-refractivity contribution in [3.05, 3.63) is 96.6 Å². The highest BCUT2D eigenvalue weighted by molar-refractivity contribution is 6.99. The summed E-state index contributed by atoms with van der Waals surface area (Å²) in [5, 5.41) is 2.38. The van der Waals surface area contributed by atoms with E-state index in [9.17, 15) is 0 Å². The van der Waals surface area contributed by atoms with Gasteiger partial charge in [-0.15, -0.1) is 0 Å². The summed E-state index contributed by atoms with van der Waals surface area (Å²) in [5.41, 5.74) is 0.537. The fourth-order valence-corrected chi connectivity index (χ4v) is 19.7. The molecule has 2 bridgehead atoms. The fraction of sp³-hybridized carbons (Fsp3) is 0.695. The van der Waals surface area contributed by atoms with Crippen LogP contribution in [-0.4, -0.2) is 91.6 Å². The minimum Gasteiger partial charge on any atom is -0.411 e. The van der Waals surface area contributed by atoms with E-state index in [2.05, 4.69) is 187 Å². The molecule has 3 aromatic carbocycles. The maximum absolute atomic E-state index is 7.66. The van der Waals surface area contributed by atoms with Gasteiger partial charge in [-0.05, 0) is 102 Å². The van der Waals surface area contributed by atoms with Crippen LogP contribution in [0.4, 0.5) is 0 Å². The van der Waals surface area contributed by atoms with Crippen LogP contribution < -0.4 is 10.4 Å². The molecule has 394 valence electrons. The van der Waals surface area contributed by atoms with Crippen molar-refractivity contribution in [2.45, 2.75) is 242 Å². The molecule has 12 heteroatoms. The Labute approximate surface area is 432 Å². The smallest absolute Gasteiger partial charge is 0.261 e. The Bertz CT molecular complexity index is 2170. The predicted molar refractivity (Wildman–Crippen MR) is 293 cm³/mol. The van der Waals surface area contributed by atoms with Crippen molar-refractivity contribution in [1.82, 2.24) is 0 Å². The number of fused-ring (bicyclic) bond motifs is 2. The van der Waals surface area contributed by atoms with Crippen molar-refractivity contribution >= 4 is 35.3 Å². The predicted octanol–water partition coefficient (Wildman–Crippen LogP) is 13.2. The first kappa shape index (κ1) is 55.2. The molecule has 5 aliphatic heterocycles. The first-order chi connectivity index (χ1) is 33.2. The Kier molecular flexibility index (Phi) is 15.9. The van der Waals surface area contributed by atoms with Crippen LogP contribution >= 0.6 is 0 Å². The summed E-state index contributed by atoms with van der Waals surface area (Å²) in [6.45, 7) is 36.5. The van der Waals surface area contributed by atoms with E-state index >= 15 is 0 Å². The molecule has 0 radical (unpaired) electrons. The molecular weight excluding hydrogens is 937 g/mol. The second-order valence-electron chi connectivity index (χ2n) is 26.4. The lowest BCUT2D eigenvalue weighted by atomic mass is 9.83. The van der Waals surface area contributed by atoms with Crippen LogP contribution in [0.3, 0.4) is 0 Å². The molecule has 0 aromatic heterocycles. The molecular formula is C59H92O9Si3. The van der Waals surface area contributed by atoms with Crippen molar-refractivity contribution in [2.75, 3.05) is 13.2 Å². The quantitative estimate of drug-likeness (QED) is 0.103. The van der Waals surface area contributed by atoms with E-state index < -0.39 is 47.9 Å². The zero-order chi connectivity index (χ0) is 51.4. The molecule has 5 saturated heterocycles. The second-order valence-corrected chi connectivity index (χ2v) is 40.2. The first-order valence-electron chi connectivity index (χ1n) is 27.3. The summed E-state index contributed by atoms with van der Waals surface area (Å²) in [6, 6.07) is 32.2. The molecule has 0 N–H and O–H groups in total. The molecule has 0 aliphatic carbocycles.